The molecule has 2 aromatic heterocycles. The smallest absolute Gasteiger partial charge is 0.262 e. The number of nitrogens with one attached hydrogen (secondary N) is 1. The number of likely N-dealkylation sites (tertiary alicyclic amines) is 1. The van der Waals surface area contributed by atoms with Crippen LogP contribution in [0.2, 0.25) is 0 Å². The molecule has 2 aliphatic heterocycles. The molecule has 0 saturated carbocycles. The highest BCUT2D eigenvalue weighted by molar-refractivity contribution is 7.16. The van der Waals surface area contributed by atoms with Crippen molar-refractivity contribution < 1.29 is 4.79 Å². The van der Waals surface area contributed by atoms with Gasteiger partial charge < -0.3 is 10.2 Å². The number of carbonyl (C=O) groups excluding carboxylic acids is 1. The summed E-state index contributed by atoms with van der Waals surface area (Å²) in [6.07, 6.45) is 1.92. The van der Waals surface area contributed by atoms with Gasteiger partial charge in [-0.05, 0) is 23.3 Å². The largest absolute Gasteiger partial charge is 0.342 e. The van der Waals surface area contributed by atoms with Crippen molar-refractivity contribution in [1.82, 2.24) is 19.8 Å². The van der Waals surface area contributed by atoms with E-state index in [1.54, 1.807) is 17.0 Å². The summed E-state index contributed by atoms with van der Waals surface area (Å²) in [6.45, 7) is 4.15. The zero-order valence-corrected chi connectivity index (χ0v) is 14.2. The number of hydrogen-bond donors (Lipinski definition) is 1. The Kier molecular flexibility index (Phi) is 4.70. The van der Waals surface area contributed by atoms with E-state index in [0.29, 0.717) is 30.2 Å². The van der Waals surface area contributed by atoms with E-state index < -0.39 is 0 Å². The number of rotatable bonds is 3. The summed E-state index contributed by atoms with van der Waals surface area (Å²) in [7, 11) is 0. The summed E-state index contributed by atoms with van der Waals surface area (Å²) in [5.41, 5.74) is -0.0541. The third-order valence-electron chi connectivity index (χ3n) is 4.76. The van der Waals surface area contributed by atoms with Crippen molar-refractivity contribution in [2.45, 2.75) is 13.0 Å². The average molecular weight is 355 g/mol. The van der Waals surface area contributed by atoms with Crippen LogP contribution in [0, 0.1) is 11.8 Å². The molecule has 2 atom stereocenters. The van der Waals surface area contributed by atoms with Gasteiger partial charge in [-0.25, -0.2) is 4.98 Å². The van der Waals surface area contributed by atoms with Crippen LogP contribution in [0.4, 0.5) is 0 Å². The minimum atomic E-state index is -0.0541. The molecule has 124 valence electrons. The molecule has 2 saturated heterocycles. The first-order valence-electron chi connectivity index (χ1n) is 7.63. The lowest BCUT2D eigenvalue weighted by atomic mass is 10.0. The monoisotopic (exact) mass is 354 g/mol. The third kappa shape index (κ3) is 3.00. The Hall–Kier alpha value is -1.44. The number of nitrogens with zero attached hydrogens (tertiary/aromatic N) is 3. The van der Waals surface area contributed by atoms with Gasteiger partial charge in [-0.3, -0.25) is 14.2 Å². The highest BCUT2D eigenvalue weighted by Gasteiger charge is 2.37. The van der Waals surface area contributed by atoms with Crippen molar-refractivity contribution in [3.8, 4) is 0 Å². The predicted molar refractivity (Wildman–Crippen MR) is 92.2 cm³/mol. The molecule has 1 N–H and O–H groups in total. The first-order chi connectivity index (χ1) is 10.7. The van der Waals surface area contributed by atoms with Gasteiger partial charge in [-0.2, -0.15) is 0 Å². The van der Waals surface area contributed by atoms with Gasteiger partial charge in [-0.1, -0.05) is 0 Å². The molecular weight excluding hydrogens is 336 g/mol. The van der Waals surface area contributed by atoms with Crippen LogP contribution in [0.15, 0.2) is 22.6 Å². The van der Waals surface area contributed by atoms with Gasteiger partial charge in [0.25, 0.3) is 5.56 Å². The fraction of sp³-hybridized carbons (Fsp3) is 0.533. The number of thiophene rings is 1. The maximum absolute atomic E-state index is 12.3. The van der Waals surface area contributed by atoms with Gasteiger partial charge in [0.15, 0.2) is 0 Å². The fourth-order valence-corrected chi connectivity index (χ4v) is 4.21. The zero-order chi connectivity index (χ0) is 15.1. The van der Waals surface area contributed by atoms with Crippen molar-refractivity contribution in [2.75, 3.05) is 26.2 Å². The van der Waals surface area contributed by atoms with Gasteiger partial charge in [0.1, 0.15) is 4.83 Å². The molecule has 0 aromatic carbocycles. The second kappa shape index (κ2) is 6.59. The normalized spacial score (nSPS) is 23.0. The number of carbonyl (C=O) groups is 1. The Morgan fingerprint density at radius 2 is 2.09 bits per heavy atom. The average Bonchev–Trinajstić information content (AvgIpc) is 3.21. The number of halogens is 1. The maximum atomic E-state index is 12.3. The molecule has 6 nitrogen and oxygen atoms in total. The molecule has 2 fully saturated rings. The highest BCUT2D eigenvalue weighted by Crippen LogP contribution is 2.26. The maximum Gasteiger partial charge on any atom is 0.262 e. The number of amides is 1. The molecule has 0 spiro atoms. The van der Waals surface area contributed by atoms with Crippen molar-refractivity contribution in [2.24, 2.45) is 11.8 Å². The van der Waals surface area contributed by atoms with Gasteiger partial charge in [0.05, 0.1) is 11.7 Å². The lowest BCUT2D eigenvalue weighted by Crippen LogP contribution is -2.33. The molecule has 4 heterocycles. The molecule has 0 bridgehead atoms. The Bertz CT molecular complexity index is 762. The standard InChI is InChI=1S/C15H18N4O2S.ClH/c20-13(19-7-10-5-16-6-11(10)8-19)1-3-18-9-17-14-12(15(18)21)2-4-22-14;/h2,4,9-11,16H,1,3,5-8H2;1H/t10-,11+;. The summed E-state index contributed by atoms with van der Waals surface area (Å²) in [5, 5.41) is 5.88. The topological polar surface area (TPSA) is 67.2 Å². The molecule has 23 heavy (non-hydrogen) atoms. The van der Waals surface area contributed by atoms with Gasteiger partial charge in [0.2, 0.25) is 5.91 Å². The molecule has 0 unspecified atom stereocenters. The second-order valence-corrected chi connectivity index (χ2v) is 7.00. The Morgan fingerprint density at radius 3 is 2.83 bits per heavy atom. The number of aromatic nitrogens is 2. The molecule has 2 aromatic rings. The van der Waals surface area contributed by atoms with Crippen LogP contribution < -0.4 is 10.9 Å². The quantitative estimate of drug-likeness (QED) is 0.891. The van der Waals surface area contributed by atoms with Crippen LogP contribution in [-0.4, -0.2) is 46.5 Å². The van der Waals surface area contributed by atoms with Crippen LogP contribution in [-0.2, 0) is 11.3 Å². The third-order valence-corrected chi connectivity index (χ3v) is 5.58. The Balaban J connectivity index is 0.00000156. The zero-order valence-electron chi connectivity index (χ0n) is 12.6. The first kappa shape index (κ1) is 16.4. The summed E-state index contributed by atoms with van der Waals surface area (Å²) < 4.78 is 1.55. The van der Waals surface area contributed by atoms with E-state index in [4.69, 9.17) is 0 Å². The van der Waals surface area contributed by atoms with Crippen LogP contribution >= 0.6 is 23.7 Å². The summed E-state index contributed by atoms with van der Waals surface area (Å²) >= 11 is 1.46. The van der Waals surface area contributed by atoms with E-state index >= 15 is 0 Å². The molecule has 1 amide bonds. The fourth-order valence-electron chi connectivity index (χ4n) is 3.49. The van der Waals surface area contributed by atoms with Crippen molar-refractivity contribution in [1.29, 1.82) is 0 Å². The summed E-state index contributed by atoms with van der Waals surface area (Å²) in [6, 6.07) is 1.79. The molecule has 2 aliphatic rings. The van der Waals surface area contributed by atoms with E-state index in [2.05, 4.69) is 10.3 Å². The predicted octanol–water partition coefficient (Wildman–Crippen LogP) is 0.948. The van der Waals surface area contributed by atoms with E-state index in [9.17, 15) is 9.59 Å². The van der Waals surface area contributed by atoms with Gasteiger partial charge in [-0.15, -0.1) is 23.7 Å². The lowest BCUT2D eigenvalue weighted by molar-refractivity contribution is -0.130. The van der Waals surface area contributed by atoms with Crippen LogP contribution in [0.1, 0.15) is 6.42 Å². The number of fused-ring (bicyclic) bond motifs is 2. The molecule has 0 aliphatic carbocycles. The van der Waals surface area contributed by atoms with E-state index in [1.807, 2.05) is 10.3 Å². The Morgan fingerprint density at radius 1 is 1.35 bits per heavy atom. The minimum Gasteiger partial charge on any atom is -0.342 e. The summed E-state index contributed by atoms with van der Waals surface area (Å²) in [4.78, 5) is 31.6. The summed E-state index contributed by atoms with van der Waals surface area (Å²) in [5.74, 6) is 1.36. The van der Waals surface area contributed by atoms with E-state index in [1.165, 1.54) is 11.3 Å². The highest BCUT2D eigenvalue weighted by atomic mass is 35.5. The van der Waals surface area contributed by atoms with E-state index in [0.717, 1.165) is 31.0 Å². The van der Waals surface area contributed by atoms with E-state index in [-0.39, 0.29) is 23.9 Å². The second-order valence-electron chi connectivity index (χ2n) is 6.11. The van der Waals surface area contributed by atoms with Gasteiger partial charge >= 0.3 is 0 Å². The first-order valence-corrected chi connectivity index (χ1v) is 8.51. The van der Waals surface area contributed by atoms with Crippen LogP contribution in [0.3, 0.4) is 0 Å². The minimum absolute atomic E-state index is 0. The SMILES string of the molecule is Cl.O=C(CCn1cnc2sccc2c1=O)N1C[C@H]2CNC[C@H]2C1. The number of aryl methyl sites for hydroxylation is 1. The van der Waals surface area contributed by atoms with Gasteiger partial charge in [0, 0.05) is 39.1 Å². The van der Waals surface area contributed by atoms with Crippen molar-refractivity contribution >= 4 is 39.9 Å². The molecule has 4 rings (SSSR count). The lowest BCUT2D eigenvalue weighted by Gasteiger charge is -2.17. The van der Waals surface area contributed by atoms with Crippen molar-refractivity contribution in [3.63, 3.8) is 0 Å². The van der Waals surface area contributed by atoms with Crippen LogP contribution in [0.25, 0.3) is 10.2 Å². The Labute approximate surface area is 143 Å². The van der Waals surface area contributed by atoms with Crippen LogP contribution in [0.5, 0.6) is 0 Å². The molecular formula is C15H19ClN4O2S. The molecule has 8 heteroatoms. The number of hydrogen-bond acceptors (Lipinski definition) is 5. The molecule has 0 radical (unpaired) electrons. The van der Waals surface area contributed by atoms with Crippen molar-refractivity contribution in [3.05, 3.63) is 28.1 Å².